The van der Waals surface area contributed by atoms with E-state index < -0.39 is 0 Å². The van der Waals surface area contributed by atoms with Gasteiger partial charge in [-0.1, -0.05) is 41.9 Å². The minimum Gasteiger partial charge on any atom is -0.471 e. The van der Waals surface area contributed by atoms with Crippen molar-refractivity contribution in [3.05, 3.63) is 64.7 Å². The maximum atomic E-state index is 6.11. The molecule has 2 aromatic carbocycles. The van der Waals surface area contributed by atoms with E-state index in [1.165, 1.54) is 5.56 Å². The number of rotatable bonds is 1. The first-order chi connectivity index (χ1) is 9.81. The summed E-state index contributed by atoms with van der Waals surface area (Å²) in [5, 5.41) is 7.43. The molecule has 2 heterocycles. The summed E-state index contributed by atoms with van der Waals surface area (Å²) in [6.07, 6.45) is 0.890. The van der Waals surface area contributed by atoms with Crippen LogP contribution in [-0.2, 0) is 0 Å². The van der Waals surface area contributed by atoms with Gasteiger partial charge in [0.05, 0.1) is 11.8 Å². The van der Waals surface area contributed by atoms with Crippen LogP contribution in [0.2, 0.25) is 5.02 Å². The van der Waals surface area contributed by atoms with Crippen molar-refractivity contribution in [3.8, 4) is 5.75 Å². The highest BCUT2D eigenvalue weighted by Crippen LogP contribution is 2.41. The summed E-state index contributed by atoms with van der Waals surface area (Å²) < 4.78 is 5.74. The number of ether oxygens (including phenoxy) is 1. The second-order valence-electron chi connectivity index (χ2n) is 5.03. The van der Waals surface area contributed by atoms with Gasteiger partial charge in [-0.2, -0.15) is 5.10 Å². The molecule has 4 heteroatoms. The molecule has 0 bridgehead atoms. The Kier molecular flexibility index (Phi) is 2.67. The SMILES string of the molecule is Clc1ccc2c(c1)[C@@H]1CC(c3ccccc3)=NN1CO2. The minimum absolute atomic E-state index is 0.229. The van der Waals surface area contributed by atoms with Gasteiger partial charge in [-0.25, -0.2) is 0 Å². The zero-order valence-corrected chi connectivity index (χ0v) is 11.5. The molecule has 0 aromatic heterocycles. The molecular weight excluding hydrogens is 272 g/mol. The van der Waals surface area contributed by atoms with Gasteiger partial charge in [0.25, 0.3) is 0 Å². The monoisotopic (exact) mass is 284 g/mol. The van der Waals surface area contributed by atoms with Gasteiger partial charge in [0.15, 0.2) is 6.73 Å². The first-order valence-corrected chi connectivity index (χ1v) is 7.01. The Hall–Kier alpha value is -2.00. The average Bonchev–Trinajstić information content (AvgIpc) is 2.93. The predicted octanol–water partition coefficient (Wildman–Crippen LogP) is 3.84. The number of halogens is 1. The Balaban J connectivity index is 1.70. The second-order valence-corrected chi connectivity index (χ2v) is 5.46. The van der Waals surface area contributed by atoms with Crippen molar-refractivity contribution in [2.24, 2.45) is 5.10 Å². The Morgan fingerprint density at radius 1 is 1.15 bits per heavy atom. The van der Waals surface area contributed by atoms with Crippen LogP contribution in [0.4, 0.5) is 0 Å². The summed E-state index contributed by atoms with van der Waals surface area (Å²) in [6.45, 7) is 0.496. The van der Waals surface area contributed by atoms with E-state index in [0.717, 1.165) is 28.5 Å². The molecule has 2 aliphatic rings. The highest BCUT2D eigenvalue weighted by molar-refractivity contribution is 6.30. The molecule has 3 nitrogen and oxygen atoms in total. The van der Waals surface area contributed by atoms with Crippen LogP contribution < -0.4 is 4.74 Å². The van der Waals surface area contributed by atoms with Crippen molar-refractivity contribution < 1.29 is 4.74 Å². The summed E-state index contributed by atoms with van der Waals surface area (Å²) in [4.78, 5) is 0. The van der Waals surface area contributed by atoms with E-state index in [4.69, 9.17) is 21.4 Å². The van der Waals surface area contributed by atoms with Crippen molar-refractivity contribution in [3.63, 3.8) is 0 Å². The molecule has 2 aliphatic heterocycles. The molecule has 0 spiro atoms. The Morgan fingerprint density at radius 2 is 2.00 bits per heavy atom. The fourth-order valence-electron chi connectivity index (χ4n) is 2.80. The lowest BCUT2D eigenvalue weighted by Crippen LogP contribution is -2.29. The topological polar surface area (TPSA) is 24.8 Å². The summed E-state index contributed by atoms with van der Waals surface area (Å²) >= 11 is 6.11. The van der Waals surface area contributed by atoms with Crippen LogP contribution in [0.1, 0.15) is 23.6 Å². The first kappa shape index (κ1) is 11.8. The first-order valence-electron chi connectivity index (χ1n) is 6.63. The Morgan fingerprint density at radius 3 is 2.85 bits per heavy atom. The standard InChI is InChI=1S/C16H13ClN2O/c17-12-6-7-16-13(8-12)15-9-14(18-19(15)10-20-16)11-4-2-1-3-5-11/h1-8,15H,9-10H2/t15-/m0/s1. The zero-order chi connectivity index (χ0) is 13.5. The van der Waals surface area contributed by atoms with Gasteiger partial charge < -0.3 is 4.74 Å². The number of hydrazone groups is 1. The number of nitrogens with zero attached hydrogens (tertiary/aromatic N) is 2. The Labute approximate surface area is 122 Å². The largest absolute Gasteiger partial charge is 0.471 e. The molecule has 0 N–H and O–H groups in total. The summed E-state index contributed by atoms with van der Waals surface area (Å²) in [7, 11) is 0. The van der Waals surface area contributed by atoms with Gasteiger partial charge in [0.1, 0.15) is 5.75 Å². The quantitative estimate of drug-likeness (QED) is 0.795. The van der Waals surface area contributed by atoms with Gasteiger partial charge in [-0.15, -0.1) is 0 Å². The summed E-state index contributed by atoms with van der Waals surface area (Å²) in [6, 6.07) is 16.3. The van der Waals surface area contributed by atoms with E-state index in [-0.39, 0.29) is 6.04 Å². The molecular formula is C16H13ClN2O. The number of hydrogen-bond acceptors (Lipinski definition) is 3. The number of fused-ring (bicyclic) bond motifs is 3. The fourth-order valence-corrected chi connectivity index (χ4v) is 2.98. The minimum atomic E-state index is 0.229. The van der Waals surface area contributed by atoms with E-state index in [1.54, 1.807) is 0 Å². The average molecular weight is 285 g/mol. The van der Waals surface area contributed by atoms with Gasteiger partial charge in [0.2, 0.25) is 0 Å². The van der Waals surface area contributed by atoms with Crippen LogP contribution in [0.3, 0.4) is 0 Å². The van der Waals surface area contributed by atoms with Crippen LogP contribution in [0, 0.1) is 0 Å². The predicted molar refractivity (Wildman–Crippen MR) is 79.1 cm³/mol. The molecule has 0 aliphatic carbocycles. The number of benzene rings is 2. The van der Waals surface area contributed by atoms with E-state index in [0.29, 0.717) is 6.73 Å². The summed E-state index contributed by atoms with van der Waals surface area (Å²) in [5.74, 6) is 0.917. The molecule has 100 valence electrons. The molecule has 4 rings (SSSR count). The normalized spacial score (nSPS) is 19.9. The van der Waals surface area contributed by atoms with Gasteiger partial charge in [-0.05, 0) is 23.8 Å². The molecule has 0 radical (unpaired) electrons. The van der Waals surface area contributed by atoms with Gasteiger partial charge in [-0.3, -0.25) is 5.01 Å². The summed E-state index contributed by atoms with van der Waals surface area (Å²) in [5.41, 5.74) is 3.40. The highest BCUT2D eigenvalue weighted by Gasteiger charge is 2.34. The highest BCUT2D eigenvalue weighted by atomic mass is 35.5. The van der Waals surface area contributed by atoms with Crippen molar-refractivity contribution >= 4 is 17.3 Å². The fraction of sp³-hybridized carbons (Fsp3) is 0.188. The van der Waals surface area contributed by atoms with Gasteiger partial charge in [0, 0.05) is 17.0 Å². The molecule has 0 amide bonds. The van der Waals surface area contributed by atoms with E-state index in [1.807, 2.05) is 41.4 Å². The zero-order valence-electron chi connectivity index (χ0n) is 10.8. The maximum Gasteiger partial charge on any atom is 0.177 e. The van der Waals surface area contributed by atoms with E-state index in [2.05, 4.69) is 12.1 Å². The maximum absolute atomic E-state index is 6.11. The van der Waals surface area contributed by atoms with Crippen LogP contribution in [0.25, 0.3) is 0 Å². The third-order valence-corrected chi connectivity index (χ3v) is 4.02. The van der Waals surface area contributed by atoms with Crippen molar-refractivity contribution in [1.82, 2.24) is 5.01 Å². The molecule has 0 unspecified atom stereocenters. The molecule has 1 atom stereocenters. The van der Waals surface area contributed by atoms with Crippen molar-refractivity contribution in [2.75, 3.05) is 6.73 Å². The number of hydrogen-bond donors (Lipinski definition) is 0. The molecule has 0 fully saturated rings. The molecule has 0 saturated carbocycles. The second kappa shape index (κ2) is 4.53. The molecule has 2 aromatic rings. The van der Waals surface area contributed by atoms with Crippen LogP contribution in [0.15, 0.2) is 53.6 Å². The Bertz CT molecular complexity index is 684. The lowest BCUT2D eigenvalue weighted by Gasteiger charge is -2.30. The van der Waals surface area contributed by atoms with Crippen LogP contribution in [0.5, 0.6) is 5.75 Å². The van der Waals surface area contributed by atoms with Crippen molar-refractivity contribution in [1.29, 1.82) is 0 Å². The third-order valence-electron chi connectivity index (χ3n) is 3.79. The van der Waals surface area contributed by atoms with Crippen LogP contribution >= 0.6 is 11.6 Å². The smallest absolute Gasteiger partial charge is 0.177 e. The van der Waals surface area contributed by atoms with Crippen molar-refractivity contribution in [2.45, 2.75) is 12.5 Å². The molecule has 20 heavy (non-hydrogen) atoms. The van der Waals surface area contributed by atoms with Crippen LogP contribution in [-0.4, -0.2) is 17.5 Å². The van der Waals surface area contributed by atoms with E-state index in [9.17, 15) is 0 Å². The third kappa shape index (κ3) is 1.86. The van der Waals surface area contributed by atoms with E-state index >= 15 is 0 Å². The lowest BCUT2D eigenvalue weighted by atomic mass is 9.97. The molecule has 0 saturated heterocycles. The van der Waals surface area contributed by atoms with Gasteiger partial charge >= 0.3 is 0 Å². The lowest BCUT2D eigenvalue weighted by molar-refractivity contribution is 0.0750.